The molecule has 5 rings (SSSR count). The van der Waals surface area contributed by atoms with Gasteiger partial charge in [-0.15, -0.1) is 5.11 Å². The average Bonchev–Trinajstić information content (AvgIpc) is 2.99. The van der Waals surface area contributed by atoms with E-state index in [0.29, 0.717) is 23.6 Å². The van der Waals surface area contributed by atoms with E-state index >= 15 is 0 Å². The molecule has 1 heterocycles. The molecule has 0 saturated heterocycles. The van der Waals surface area contributed by atoms with Crippen LogP contribution in [-0.4, -0.2) is 66.1 Å². The largest absolute Gasteiger partial charge is 1.00 e. The van der Waals surface area contributed by atoms with E-state index in [0.717, 1.165) is 18.2 Å². The molecule has 0 atom stereocenters. The number of nitrogens with one attached hydrogen (secondary N) is 2. The monoisotopic (exact) mass is 837 g/mol. The molecule has 5 aromatic rings. The maximum atomic E-state index is 12.3. The fraction of sp³-hybridized carbons (Fsp3) is 0.0385. The summed E-state index contributed by atoms with van der Waals surface area (Å²) < 4.78 is 114. The van der Waals surface area contributed by atoms with Crippen LogP contribution in [0.3, 0.4) is 0 Å². The van der Waals surface area contributed by atoms with Gasteiger partial charge in [-0.1, -0.05) is 0 Å². The van der Waals surface area contributed by atoms with Crippen molar-refractivity contribution in [2.75, 3.05) is 17.7 Å². The van der Waals surface area contributed by atoms with Crippen LogP contribution in [-0.2, 0) is 30.4 Å². The van der Waals surface area contributed by atoms with Crippen LogP contribution in [0.2, 0.25) is 10.6 Å². The summed E-state index contributed by atoms with van der Waals surface area (Å²) in [5.74, 6) is -0.981. The third-order valence-corrected chi connectivity index (χ3v) is 9.26. The summed E-state index contributed by atoms with van der Waals surface area (Å²) in [6.45, 7) is 0. The summed E-state index contributed by atoms with van der Waals surface area (Å²) in [6, 6.07) is 11.4. The Morgan fingerprint density at radius 3 is 1.85 bits per heavy atom. The van der Waals surface area contributed by atoms with Crippen molar-refractivity contribution in [1.82, 2.24) is 15.0 Å². The zero-order chi connectivity index (χ0) is 35.9. The third kappa shape index (κ3) is 11.2. The number of phenolic OH excluding ortho intramolecular Hbond substituents is 1. The van der Waals surface area contributed by atoms with Gasteiger partial charge in [0, 0.05) is 11.1 Å². The van der Waals surface area contributed by atoms with Gasteiger partial charge in [-0.2, -0.15) is 20.1 Å². The zero-order valence-corrected chi connectivity index (χ0v) is 37.0. The first-order valence-electron chi connectivity index (χ1n) is 12.9. The van der Waals surface area contributed by atoms with E-state index < -0.39 is 89.5 Å². The Morgan fingerprint density at radius 1 is 0.712 bits per heavy atom. The van der Waals surface area contributed by atoms with Gasteiger partial charge in [-0.3, -0.25) is 0 Å². The number of hydrogen-bond donors (Lipinski definition) is 3. The molecule has 1 aromatic heterocycles. The number of rotatable bonds is 10. The molecular weight excluding hydrogens is 822 g/mol. The van der Waals surface area contributed by atoms with Gasteiger partial charge in [0.1, 0.15) is 41.8 Å². The summed E-state index contributed by atoms with van der Waals surface area (Å²) in [5, 5.41) is 22.2. The molecule has 3 N–H and O–H groups in total. The Bertz CT molecular complexity index is 2500. The number of azo groups is 1. The van der Waals surface area contributed by atoms with Crippen molar-refractivity contribution >= 4 is 98.7 Å². The summed E-state index contributed by atoms with van der Waals surface area (Å²) in [7, 11) is -14.4. The van der Waals surface area contributed by atoms with E-state index in [2.05, 4.69) is 35.8 Å². The molecule has 0 aliphatic heterocycles. The Hall–Kier alpha value is -1.74. The molecule has 0 radical (unpaired) electrons. The van der Waals surface area contributed by atoms with Gasteiger partial charge in [0.2, 0.25) is 16.5 Å². The van der Waals surface area contributed by atoms with Crippen LogP contribution in [0, 0.1) is 0 Å². The van der Waals surface area contributed by atoms with Crippen LogP contribution in [0.5, 0.6) is 11.5 Å². The van der Waals surface area contributed by atoms with Gasteiger partial charge in [0.25, 0.3) is 0 Å². The number of nitrogens with zero attached hydrogens (tertiary/aromatic N) is 5. The standard InChI is InChI=1S/C26H19Cl2N7O11S3.3Na/c1-46-15-5-2-13(3-6-15)29-17-7-4-14(10-19(17)48(40,41)42)34-35-22-20(49(43,44)45)9-12-8-16(47(37,38)39)11-18(21(12)23(22)36)30-26-32-24(27)31-25(28)33-26;;;/h2-11,29,36H,1H3,(H,37,38,39)(H,40,41,42)(H,43,44,45)(H,30,31,32,33);;;/q;3*+1/p-3. The number of fused-ring (bicyclic) bond motifs is 1. The molecule has 18 nitrogen and oxygen atoms in total. The summed E-state index contributed by atoms with van der Waals surface area (Å²) in [5.41, 5.74) is -1.53. The SMILES string of the molecule is COc1ccc(Nc2ccc(N=Nc3c(S(=O)(=O)[O-])cc4cc(S(=O)(=O)[O-])cc(Nc5nc(Cl)nc(Cl)n5)c4c3O)cc2S(=O)(=O)[O-])cc1.[Na+].[Na+].[Na+]. The Kier molecular flexibility index (Phi) is 16.3. The van der Waals surface area contributed by atoms with Crippen LogP contribution in [0.25, 0.3) is 10.8 Å². The van der Waals surface area contributed by atoms with Crippen LogP contribution < -0.4 is 104 Å². The van der Waals surface area contributed by atoms with Crippen molar-refractivity contribution in [2.24, 2.45) is 10.2 Å². The third-order valence-electron chi connectivity index (χ3n) is 6.38. The van der Waals surface area contributed by atoms with Crippen molar-refractivity contribution in [3.63, 3.8) is 0 Å². The molecule has 4 aromatic carbocycles. The molecule has 0 bridgehead atoms. The molecule has 0 amide bonds. The first-order valence-corrected chi connectivity index (χ1v) is 17.8. The van der Waals surface area contributed by atoms with Crippen LogP contribution in [0.15, 0.2) is 85.6 Å². The molecule has 0 unspecified atom stereocenters. The normalized spacial score (nSPS) is 11.7. The number of ether oxygens (including phenoxy) is 1. The topological polar surface area (TPSA) is 289 Å². The Balaban J connectivity index is 0.00000312. The number of aromatic hydroxyl groups is 1. The van der Waals surface area contributed by atoms with Gasteiger partial charge >= 0.3 is 88.7 Å². The first kappa shape index (κ1) is 46.4. The van der Waals surface area contributed by atoms with Gasteiger partial charge < -0.3 is 34.1 Å². The van der Waals surface area contributed by atoms with Crippen molar-refractivity contribution in [3.05, 3.63) is 71.2 Å². The molecule has 52 heavy (non-hydrogen) atoms. The molecule has 0 spiro atoms. The van der Waals surface area contributed by atoms with Gasteiger partial charge in [0.05, 0.1) is 38.9 Å². The Labute approximate surface area is 371 Å². The second kappa shape index (κ2) is 18.3. The molecule has 0 aliphatic rings. The van der Waals surface area contributed by atoms with Gasteiger partial charge in [-0.25, -0.2) is 25.3 Å². The summed E-state index contributed by atoms with van der Waals surface area (Å²) >= 11 is 11.6. The van der Waals surface area contributed by atoms with Crippen molar-refractivity contribution in [1.29, 1.82) is 0 Å². The Morgan fingerprint density at radius 2 is 1.31 bits per heavy atom. The van der Waals surface area contributed by atoms with Crippen LogP contribution in [0.1, 0.15) is 0 Å². The van der Waals surface area contributed by atoms with E-state index in [9.17, 15) is 44.0 Å². The molecule has 0 aliphatic carbocycles. The maximum absolute atomic E-state index is 12.3. The van der Waals surface area contributed by atoms with E-state index in [1.807, 2.05) is 0 Å². The quantitative estimate of drug-likeness (QED) is 0.0681. The van der Waals surface area contributed by atoms with Crippen molar-refractivity contribution in [3.8, 4) is 11.5 Å². The fourth-order valence-electron chi connectivity index (χ4n) is 4.31. The van der Waals surface area contributed by atoms with E-state index in [1.54, 1.807) is 24.3 Å². The number of aromatic nitrogens is 3. The number of methoxy groups -OCH3 is 1. The number of phenols is 1. The molecule has 256 valence electrons. The number of halogens is 2. The fourth-order valence-corrected chi connectivity index (χ4v) is 6.51. The van der Waals surface area contributed by atoms with Crippen molar-refractivity contribution in [2.45, 2.75) is 14.7 Å². The van der Waals surface area contributed by atoms with Gasteiger partial charge in [0.15, 0.2) is 5.75 Å². The first-order chi connectivity index (χ1) is 22.8. The minimum atomic E-state index is -5.51. The second-order valence-corrected chi connectivity index (χ2v) is 14.3. The smallest absolute Gasteiger partial charge is 0.744 e. The summed E-state index contributed by atoms with van der Waals surface area (Å²) in [4.78, 5) is 8.12. The molecule has 0 fully saturated rings. The maximum Gasteiger partial charge on any atom is 1.00 e. The van der Waals surface area contributed by atoms with E-state index in [1.165, 1.54) is 13.2 Å². The zero-order valence-electron chi connectivity index (χ0n) is 27.0. The van der Waals surface area contributed by atoms with Crippen molar-refractivity contribution < 1.29 is 137 Å². The van der Waals surface area contributed by atoms with Gasteiger partial charge in [-0.05, 0) is 89.3 Å². The molecule has 0 saturated carbocycles. The second-order valence-electron chi connectivity index (χ2n) is 9.56. The van der Waals surface area contributed by atoms with Crippen LogP contribution in [0.4, 0.5) is 34.4 Å². The predicted octanol–water partition coefficient (Wildman–Crippen LogP) is -4.33. The minimum absolute atomic E-state index is 0. The average molecular weight is 839 g/mol. The van der Waals surface area contributed by atoms with E-state index in [-0.39, 0.29) is 100 Å². The number of anilines is 4. The summed E-state index contributed by atoms with van der Waals surface area (Å²) in [6.07, 6.45) is 0. The number of hydrogen-bond acceptors (Lipinski definition) is 18. The molecule has 26 heteroatoms. The number of benzene rings is 4. The van der Waals surface area contributed by atoms with Crippen LogP contribution >= 0.6 is 23.2 Å². The predicted molar refractivity (Wildman–Crippen MR) is 170 cm³/mol. The minimum Gasteiger partial charge on any atom is -0.744 e. The van der Waals surface area contributed by atoms with E-state index in [4.69, 9.17) is 27.9 Å². The molecular formula is C26H16Cl2N7Na3O11S3.